The van der Waals surface area contributed by atoms with Crippen molar-refractivity contribution in [1.82, 2.24) is 10.6 Å². The van der Waals surface area contributed by atoms with Crippen LogP contribution in [0.2, 0.25) is 5.02 Å². The van der Waals surface area contributed by atoms with Crippen LogP contribution in [0.25, 0.3) is 0 Å². The minimum Gasteiger partial charge on any atom is -0.495 e. The molecule has 60 heavy (non-hydrogen) atoms. The third kappa shape index (κ3) is 12.6. The number of nitrogens with zero attached hydrogens (tertiary/aromatic N) is 1. The van der Waals surface area contributed by atoms with Crippen molar-refractivity contribution in [3.63, 3.8) is 0 Å². The van der Waals surface area contributed by atoms with E-state index in [0.29, 0.717) is 21.9 Å². The van der Waals surface area contributed by atoms with Gasteiger partial charge in [-0.25, -0.2) is 9.59 Å². The molecule has 2 amide bonds. The molecule has 2 N–H and O–H groups in total. The number of esters is 2. The summed E-state index contributed by atoms with van der Waals surface area (Å²) in [6, 6.07) is 17.0. The minimum absolute atomic E-state index is 0.0370. The smallest absolute Gasteiger partial charge is 0.495 e. The molecule has 2 aliphatic rings. The summed E-state index contributed by atoms with van der Waals surface area (Å²) in [7, 11) is 1.49. The lowest BCUT2D eigenvalue weighted by atomic mass is 9.92. The van der Waals surface area contributed by atoms with Crippen LogP contribution >= 0.6 is 11.6 Å². The summed E-state index contributed by atoms with van der Waals surface area (Å²) in [5, 5.41) is 8.66. The van der Waals surface area contributed by atoms with Crippen LogP contribution in [-0.2, 0) is 51.2 Å². The molecule has 5 rings (SSSR count). The Kier molecular flexibility index (Phi) is 15.4. The highest BCUT2D eigenvalue weighted by Crippen LogP contribution is 2.45. The largest absolute Gasteiger partial charge is 0.514 e. The molecule has 1 saturated heterocycles. The summed E-state index contributed by atoms with van der Waals surface area (Å²) < 4.78 is 33.6. The Labute approximate surface area is 353 Å². The molecule has 2 aliphatic heterocycles. The summed E-state index contributed by atoms with van der Waals surface area (Å²) in [6.07, 6.45) is -0.402. The van der Waals surface area contributed by atoms with Gasteiger partial charge in [0, 0.05) is 25.3 Å². The zero-order valence-corrected chi connectivity index (χ0v) is 35.1. The lowest BCUT2D eigenvalue weighted by Gasteiger charge is -2.29. The van der Waals surface area contributed by atoms with Crippen LogP contribution in [-0.4, -0.2) is 67.9 Å². The molecule has 0 radical (unpaired) electrons. The van der Waals surface area contributed by atoms with Gasteiger partial charge >= 0.3 is 18.1 Å². The Morgan fingerprint density at radius 2 is 1.67 bits per heavy atom. The van der Waals surface area contributed by atoms with Crippen molar-refractivity contribution in [2.75, 3.05) is 13.7 Å². The van der Waals surface area contributed by atoms with Gasteiger partial charge in [0.1, 0.15) is 42.0 Å². The van der Waals surface area contributed by atoms with Crippen molar-refractivity contribution in [2.24, 2.45) is 22.4 Å². The zero-order valence-electron chi connectivity index (χ0n) is 34.3. The van der Waals surface area contributed by atoms with Crippen LogP contribution in [0.4, 0.5) is 10.5 Å². The van der Waals surface area contributed by atoms with Crippen LogP contribution in [0.5, 0.6) is 11.5 Å². The number of nitrogens with one attached hydrogen (secondary N) is 2. The highest BCUT2D eigenvalue weighted by atomic mass is 35.5. The van der Waals surface area contributed by atoms with Gasteiger partial charge in [0.25, 0.3) is 0 Å². The normalized spacial score (nSPS) is 23.2. The third-order valence-corrected chi connectivity index (χ3v) is 10.4. The fraction of sp³-hybridized carbons (Fsp3) is 0.432. The number of benzene rings is 3. The number of nitroso groups, excluding NO2 is 1. The summed E-state index contributed by atoms with van der Waals surface area (Å²) in [5.74, 6) is -2.28. The predicted octanol–water partition coefficient (Wildman–Crippen LogP) is 7.24. The van der Waals surface area contributed by atoms with E-state index < -0.39 is 53.6 Å². The molecule has 320 valence electrons. The summed E-state index contributed by atoms with van der Waals surface area (Å²) in [6.45, 7) is 8.64. The van der Waals surface area contributed by atoms with Crippen molar-refractivity contribution >= 4 is 47.2 Å². The van der Waals surface area contributed by atoms with Gasteiger partial charge in [0.05, 0.1) is 23.7 Å². The monoisotopic (exact) mass is 847 g/mol. The van der Waals surface area contributed by atoms with Crippen molar-refractivity contribution in [3.8, 4) is 11.5 Å². The Morgan fingerprint density at radius 3 is 2.32 bits per heavy atom. The van der Waals surface area contributed by atoms with E-state index in [-0.39, 0.29) is 67.9 Å². The zero-order chi connectivity index (χ0) is 43.6. The average molecular weight is 848 g/mol. The summed E-state index contributed by atoms with van der Waals surface area (Å²) >= 11 is 6.34. The van der Waals surface area contributed by atoms with E-state index >= 15 is 0 Å². The van der Waals surface area contributed by atoms with E-state index in [4.69, 9.17) is 40.0 Å². The first-order chi connectivity index (χ1) is 28.6. The first-order valence-corrected chi connectivity index (χ1v) is 20.0. The first kappa shape index (κ1) is 45.3. The van der Waals surface area contributed by atoms with Crippen molar-refractivity contribution in [2.45, 2.75) is 90.9 Å². The topological polar surface area (TPSA) is 198 Å². The van der Waals surface area contributed by atoms with Crippen LogP contribution in [0.1, 0.15) is 70.3 Å². The van der Waals surface area contributed by atoms with Gasteiger partial charge < -0.3 is 39.1 Å². The molecule has 0 bridgehead atoms. The van der Waals surface area contributed by atoms with E-state index in [2.05, 4.69) is 15.8 Å². The predicted molar refractivity (Wildman–Crippen MR) is 219 cm³/mol. The number of hydrogen-bond donors (Lipinski definition) is 2. The van der Waals surface area contributed by atoms with Gasteiger partial charge in [-0.1, -0.05) is 68.8 Å². The maximum Gasteiger partial charge on any atom is 0.514 e. The molecule has 3 aromatic rings. The Morgan fingerprint density at radius 1 is 0.967 bits per heavy atom. The number of ether oxygens (including phenoxy) is 6. The van der Waals surface area contributed by atoms with Gasteiger partial charge in [-0.05, 0) is 90.5 Å². The SMILES string of the molecule is COc1ccc(C[C@H]2NC(=O)/C=C/C[C@@H]([C@H](C)[C@@H]3O[C@H]3c3ccc(COC(=O)Oc4ccc(N=O)cc4)cc3)OC(=O)[C@H](CC(C)C)OC(=O)C(C)(C)CNC2=O)cc1Cl. The number of carbonyl (C=O) groups excluding carboxylic acids is 5. The van der Waals surface area contributed by atoms with E-state index in [1.807, 2.05) is 32.9 Å². The van der Waals surface area contributed by atoms with Crippen LogP contribution in [0.15, 0.2) is 84.1 Å². The fourth-order valence-electron chi connectivity index (χ4n) is 6.47. The average Bonchev–Trinajstić information content (AvgIpc) is 4.02. The second kappa shape index (κ2) is 20.4. The molecule has 0 aromatic heterocycles. The van der Waals surface area contributed by atoms with Gasteiger partial charge in [0.15, 0.2) is 6.10 Å². The number of cyclic esters (lactones) is 2. The molecular weight excluding hydrogens is 798 g/mol. The Bertz CT molecular complexity index is 2050. The number of methoxy groups -OCH3 is 1. The van der Waals surface area contributed by atoms with Crippen LogP contribution in [0, 0.1) is 22.2 Å². The third-order valence-electron chi connectivity index (χ3n) is 10.1. The van der Waals surface area contributed by atoms with Crippen LogP contribution in [0.3, 0.4) is 0 Å². The lowest BCUT2D eigenvalue weighted by Crippen LogP contribution is -2.51. The molecule has 16 heteroatoms. The minimum atomic E-state index is -1.25. The van der Waals surface area contributed by atoms with Gasteiger partial charge in [0.2, 0.25) is 11.8 Å². The Balaban J connectivity index is 1.29. The molecule has 0 aliphatic carbocycles. The van der Waals surface area contributed by atoms with Gasteiger partial charge in [-0.2, -0.15) is 0 Å². The van der Waals surface area contributed by atoms with Crippen molar-refractivity contribution in [3.05, 3.63) is 106 Å². The number of epoxide rings is 1. The van der Waals surface area contributed by atoms with Crippen molar-refractivity contribution in [1.29, 1.82) is 0 Å². The van der Waals surface area contributed by atoms with Crippen LogP contribution < -0.4 is 20.1 Å². The highest BCUT2D eigenvalue weighted by Gasteiger charge is 2.48. The molecule has 1 fully saturated rings. The van der Waals surface area contributed by atoms with E-state index in [0.717, 1.165) is 5.56 Å². The quantitative estimate of drug-likeness (QED) is 0.0610. The second-order valence-electron chi connectivity index (χ2n) is 15.8. The summed E-state index contributed by atoms with van der Waals surface area (Å²) in [4.78, 5) is 77.0. The van der Waals surface area contributed by atoms with E-state index in [1.54, 1.807) is 50.3 Å². The number of rotatable bonds is 12. The van der Waals surface area contributed by atoms with Gasteiger partial charge in [-0.15, -0.1) is 4.91 Å². The number of hydrogen-bond acceptors (Lipinski definition) is 13. The number of amides is 2. The molecule has 3 aromatic carbocycles. The molecule has 15 nitrogen and oxygen atoms in total. The molecule has 0 spiro atoms. The van der Waals surface area contributed by atoms with Gasteiger partial charge in [-0.3, -0.25) is 14.4 Å². The molecule has 2 heterocycles. The van der Waals surface area contributed by atoms with Crippen molar-refractivity contribution < 1.29 is 52.4 Å². The number of carbonyl (C=O) groups is 5. The molecular formula is C44H50ClN3O12. The standard InChI is InChI=1S/C44H50ClN3O12/c1-25(2)20-36-41(51)58-34(26(3)38-39(60-38)29-13-10-27(11-14-29)23-56-43(53)57-31-17-15-30(48-54)16-18-31)8-7-9-37(49)47-33(22-28-12-19-35(55-6)32(45)21-28)40(50)46-24-44(4,5)42(52)59-36/h7,9-19,21,25-26,33-34,36,38-39H,8,20,22-24H2,1-6H3,(H,46,50)(H,47,49)/b9-7+/t26-,33+,34-,36-,38-,39-/m0/s1. The number of halogens is 1. The Hall–Kier alpha value is -5.80. The maximum absolute atomic E-state index is 13.8. The second-order valence-corrected chi connectivity index (χ2v) is 16.2. The maximum atomic E-state index is 13.8. The fourth-order valence-corrected chi connectivity index (χ4v) is 6.75. The highest BCUT2D eigenvalue weighted by molar-refractivity contribution is 6.32. The lowest BCUT2D eigenvalue weighted by molar-refractivity contribution is -0.179. The van der Waals surface area contributed by atoms with E-state index in [9.17, 15) is 28.9 Å². The molecule has 0 unspecified atom stereocenters. The first-order valence-electron chi connectivity index (χ1n) is 19.6. The van der Waals surface area contributed by atoms with E-state index in [1.165, 1.54) is 37.5 Å². The molecule has 0 saturated carbocycles. The summed E-state index contributed by atoms with van der Waals surface area (Å²) in [5.41, 5.74) is 1.14. The molecule has 6 atom stereocenters.